The topological polar surface area (TPSA) is 68.8 Å². The maximum Gasteiger partial charge on any atom is 0.416 e. The van der Waals surface area contributed by atoms with Crippen molar-refractivity contribution in [3.8, 4) is 0 Å². The Labute approximate surface area is 173 Å². The molecule has 0 aromatic heterocycles. The Hall–Kier alpha value is -1.84. The van der Waals surface area contributed by atoms with Crippen molar-refractivity contribution < 1.29 is 32.2 Å². The Morgan fingerprint density at radius 2 is 1.87 bits per heavy atom. The quantitative estimate of drug-likeness (QED) is 0.743. The number of hydrogen-bond donors (Lipinski definition) is 2. The van der Waals surface area contributed by atoms with Crippen LogP contribution in [0.3, 0.4) is 0 Å². The Morgan fingerprint density at radius 1 is 1.10 bits per heavy atom. The van der Waals surface area contributed by atoms with Gasteiger partial charge in [-0.3, -0.25) is 5.32 Å². The molecule has 3 fully saturated rings. The monoisotopic (exact) mass is 428 g/mol. The first-order valence-corrected chi connectivity index (χ1v) is 10.5. The van der Waals surface area contributed by atoms with Crippen molar-refractivity contribution >= 4 is 11.8 Å². The van der Waals surface area contributed by atoms with Gasteiger partial charge in [-0.05, 0) is 43.5 Å². The van der Waals surface area contributed by atoms with Crippen LogP contribution in [0.25, 0.3) is 0 Å². The van der Waals surface area contributed by atoms with Gasteiger partial charge in [0.05, 0.1) is 24.8 Å². The number of amides is 1. The number of hydrogen-bond acceptors (Lipinski definition) is 5. The van der Waals surface area contributed by atoms with Gasteiger partial charge in [-0.25, -0.2) is 4.79 Å². The second kappa shape index (κ2) is 9.11. The molecule has 2 aliphatic heterocycles. The second-order valence-corrected chi connectivity index (χ2v) is 8.26. The number of carbonyl (C=O) groups is 1. The van der Waals surface area contributed by atoms with E-state index >= 15 is 0 Å². The van der Waals surface area contributed by atoms with Crippen LogP contribution < -0.4 is 10.6 Å². The Balaban J connectivity index is 1.26. The van der Waals surface area contributed by atoms with Crippen molar-refractivity contribution in [3.05, 3.63) is 29.8 Å². The Morgan fingerprint density at radius 3 is 2.63 bits per heavy atom. The standard InChI is InChI=1S/C21H27F3N2O4/c22-21(23,24)14-7-4-8-15(9-14)26-20(27)30-17-12-29-18-16(11-28-19(17)18)25-10-13-5-2-1-3-6-13/h4,7-9,13,16-19,25H,1-3,5-6,10-12H2,(H,26,27)/t16-,17+,18+,19+/m0/s1. The van der Waals surface area contributed by atoms with Crippen LogP contribution in [0.15, 0.2) is 24.3 Å². The lowest BCUT2D eigenvalue weighted by Crippen LogP contribution is -2.43. The minimum Gasteiger partial charge on any atom is -0.441 e. The van der Waals surface area contributed by atoms with Crippen molar-refractivity contribution in [1.82, 2.24) is 5.32 Å². The van der Waals surface area contributed by atoms with Crippen LogP contribution in [0.5, 0.6) is 0 Å². The van der Waals surface area contributed by atoms with E-state index in [1.165, 1.54) is 44.2 Å². The zero-order chi connectivity index (χ0) is 21.1. The minimum absolute atomic E-state index is 0.0182. The molecule has 4 rings (SSSR count). The molecule has 1 aromatic rings. The fourth-order valence-electron chi connectivity index (χ4n) is 4.51. The van der Waals surface area contributed by atoms with Gasteiger partial charge in [0.15, 0.2) is 6.10 Å². The lowest BCUT2D eigenvalue weighted by Gasteiger charge is -2.25. The SMILES string of the molecule is O=C(Nc1cccc(C(F)(F)F)c1)O[C@@H]1CO[C@H]2[C@@H]1OC[C@@H]2NCC1CCCCC1. The van der Waals surface area contributed by atoms with Crippen molar-refractivity contribution in [2.75, 3.05) is 25.1 Å². The molecule has 1 saturated carbocycles. The number of carbonyl (C=O) groups excluding carboxylic acids is 1. The highest BCUT2D eigenvalue weighted by atomic mass is 19.4. The average Bonchev–Trinajstić information content (AvgIpc) is 3.30. The maximum absolute atomic E-state index is 12.8. The van der Waals surface area contributed by atoms with Crippen molar-refractivity contribution in [2.45, 2.75) is 62.6 Å². The van der Waals surface area contributed by atoms with Gasteiger partial charge in [-0.1, -0.05) is 25.3 Å². The number of anilines is 1. The van der Waals surface area contributed by atoms with Crippen LogP contribution in [0.4, 0.5) is 23.7 Å². The summed E-state index contributed by atoms with van der Waals surface area (Å²) in [5.74, 6) is 0.685. The zero-order valence-corrected chi connectivity index (χ0v) is 16.6. The van der Waals surface area contributed by atoms with Crippen LogP contribution >= 0.6 is 0 Å². The van der Waals surface area contributed by atoms with E-state index in [0.717, 1.165) is 18.7 Å². The summed E-state index contributed by atoms with van der Waals surface area (Å²) in [6, 6.07) is 4.47. The van der Waals surface area contributed by atoms with Crippen LogP contribution in [-0.2, 0) is 20.4 Å². The third-order valence-electron chi connectivity index (χ3n) is 6.10. The molecule has 0 bridgehead atoms. The number of fused-ring (bicyclic) bond motifs is 1. The van der Waals surface area contributed by atoms with Gasteiger partial charge in [0, 0.05) is 5.69 Å². The number of ether oxygens (including phenoxy) is 3. The van der Waals surface area contributed by atoms with Gasteiger partial charge in [0.25, 0.3) is 0 Å². The zero-order valence-electron chi connectivity index (χ0n) is 16.6. The highest BCUT2D eigenvalue weighted by Crippen LogP contribution is 2.32. The number of alkyl halides is 3. The van der Waals surface area contributed by atoms with E-state index in [1.54, 1.807) is 0 Å². The third-order valence-corrected chi connectivity index (χ3v) is 6.10. The fourth-order valence-corrected chi connectivity index (χ4v) is 4.51. The van der Waals surface area contributed by atoms with Gasteiger partial charge in [0.2, 0.25) is 0 Å². The molecule has 2 saturated heterocycles. The van der Waals surface area contributed by atoms with Gasteiger partial charge in [-0.2, -0.15) is 13.2 Å². The number of benzene rings is 1. The summed E-state index contributed by atoms with van der Waals surface area (Å²) in [5, 5.41) is 5.90. The first kappa shape index (κ1) is 21.4. The highest BCUT2D eigenvalue weighted by Gasteiger charge is 2.49. The predicted octanol–water partition coefficient (Wildman–Crippen LogP) is 3.96. The third kappa shape index (κ3) is 5.07. The van der Waals surface area contributed by atoms with Gasteiger partial charge < -0.3 is 19.5 Å². The van der Waals surface area contributed by atoms with Gasteiger partial charge in [0.1, 0.15) is 12.2 Å². The summed E-state index contributed by atoms with van der Waals surface area (Å²) in [6.45, 7) is 1.62. The maximum atomic E-state index is 12.8. The summed E-state index contributed by atoms with van der Waals surface area (Å²) in [5.41, 5.74) is -0.819. The lowest BCUT2D eigenvalue weighted by atomic mass is 9.89. The number of rotatable bonds is 5. The summed E-state index contributed by atoms with van der Waals surface area (Å²) >= 11 is 0. The first-order chi connectivity index (χ1) is 14.4. The fraction of sp³-hybridized carbons (Fsp3) is 0.667. The van der Waals surface area contributed by atoms with Crippen LogP contribution in [0.2, 0.25) is 0 Å². The Kier molecular flexibility index (Phi) is 6.50. The molecule has 4 atom stereocenters. The van der Waals surface area contributed by atoms with Crippen LogP contribution in [0, 0.1) is 5.92 Å². The predicted molar refractivity (Wildman–Crippen MR) is 103 cm³/mol. The van der Waals surface area contributed by atoms with E-state index in [4.69, 9.17) is 14.2 Å². The molecule has 1 aliphatic carbocycles. The molecule has 2 heterocycles. The van der Waals surface area contributed by atoms with E-state index in [2.05, 4.69) is 10.6 Å². The van der Waals surface area contributed by atoms with E-state index in [9.17, 15) is 18.0 Å². The number of nitrogens with one attached hydrogen (secondary N) is 2. The molecule has 1 amide bonds. The molecular weight excluding hydrogens is 401 g/mol. The van der Waals surface area contributed by atoms with E-state index < -0.39 is 23.9 Å². The van der Waals surface area contributed by atoms with Gasteiger partial charge in [-0.15, -0.1) is 0 Å². The van der Waals surface area contributed by atoms with E-state index in [0.29, 0.717) is 12.5 Å². The first-order valence-electron chi connectivity index (χ1n) is 10.5. The molecule has 9 heteroatoms. The molecular formula is C21H27F3N2O4. The summed E-state index contributed by atoms with van der Waals surface area (Å²) in [4.78, 5) is 12.2. The minimum atomic E-state index is -4.48. The molecule has 3 aliphatic rings. The molecule has 0 radical (unpaired) electrons. The average molecular weight is 428 g/mol. The lowest BCUT2D eigenvalue weighted by molar-refractivity contribution is -0.137. The van der Waals surface area contributed by atoms with Crippen LogP contribution in [-0.4, -0.2) is 50.2 Å². The Bertz CT molecular complexity index is 739. The number of halogens is 3. The van der Waals surface area contributed by atoms with Crippen LogP contribution in [0.1, 0.15) is 37.7 Å². The molecule has 6 nitrogen and oxygen atoms in total. The highest BCUT2D eigenvalue weighted by molar-refractivity contribution is 5.84. The van der Waals surface area contributed by atoms with Crippen molar-refractivity contribution in [1.29, 1.82) is 0 Å². The summed E-state index contributed by atoms with van der Waals surface area (Å²) in [6.07, 6.45) is -0.0910. The molecule has 0 spiro atoms. The molecule has 30 heavy (non-hydrogen) atoms. The van der Waals surface area contributed by atoms with Gasteiger partial charge >= 0.3 is 12.3 Å². The summed E-state index contributed by atoms with van der Waals surface area (Å²) < 4.78 is 55.5. The summed E-state index contributed by atoms with van der Waals surface area (Å²) in [7, 11) is 0. The van der Waals surface area contributed by atoms with Crippen molar-refractivity contribution in [2.24, 2.45) is 5.92 Å². The van der Waals surface area contributed by atoms with Crippen molar-refractivity contribution in [3.63, 3.8) is 0 Å². The smallest absolute Gasteiger partial charge is 0.416 e. The second-order valence-electron chi connectivity index (χ2n) is 8.26. The molecule has 0 unspecified atom stereocenters. The normalized spacial score (nSPS) is 29.6. The largest absolute Gasteiger partial charge is 0.441 e. The van der Waals surface area contributed by atoms with E-state index in [-0.39, 0.29) is 30.5 Å². The molecule has 166 valence electrons. The molecule has 2 N–H and O–H groups in total. The van der Waals surface area contributed by atoms with E-state index in [1.807, 2.05) is 0 Å². The molecule has 1 aromatic carbocycles.